The first-order valence-corrected chi connectivity index (χ1v) is 6.45. The molecule has 1 atom stereocenters. The molecule has 0 aromatic rings. The lowest BCUT2D eigenvalue weighted by molar-refractivity contribution is 0.113. The molecular formula is C9H15NO4S. The maximum absolute atomic E-state index is 11.5. The lowest BCUT2D eigenvalue weighted by Gasteiger charge is -2.34. The number of likely N-dealkylation sites (N-methyl/N-ethyl adjacent to an activating group) is 1. The first kappa shape index (κ1) is 10.9. The summed E-state index contributed by atoms with van der Waals surface area (Å²) in [5.41, 5.74) is 0.973. The fourth-order valence-electron chi connectivity index (χ4n) is 1.91. The van der Waals surface area contributed by atoms with Crippen LogP contribution in [0.2, 0.25) is 0 Å². The van der Waals surface area contributed by atoms with Crippen molar-refractivity contribution < 1.29 is 17.3 Å². The Bertz CT molecular complexity index is 385. The van der Waals surface area contributed by atoms with Gasteiger partial charge in [0.1, 0.15) is 11.5 Å². The zero-order valence-electron chi connectivity index (χ0n) is 8.89. The summed E-state index contributed by atoms with van der Waals surface area (Å²) in [5, 5.41) is 0. The van der Waals surface area contributed by atoms with Gasteiger partial charge in [-0.25, -0.2) is 0 Å². The third kappa shape index (κ3) is 2.16. The number of hydrogen-bond acceptors (Lipinski definition) is 5. The molecule has 2 rings (SSSR count). The van der Waals surface area contributed by atoms with Crippen LogP contribution in [0.25, 0.3) is 0 Å². The molecule has 2 heterocycles. The van der Waals surface area contributed by atoms with Gasteiger partial charge in [0.2, 0.25) is 0 Å². The second kappa shape index (κ2) is 3.77. The second-order valence-corrected chi connectivity index (χ2v) is 5.65. The Balaban J connectivity index is 2.38. The van der Waals surface area contributed by atoms with Crippen LogP contribution in [0.3, 0.4) is 0 Å². The minimum atomic E-state index is -3.40. The molecule has 0 bridgehead atoms. The van der Waals surface area contributed by atoms with Crippen LogP contribution in [-0.4, -0.2) is 52.4 Å². The van der Waals surface area contributed by atoms with E-state index in [4.69, 9.17) is 8.92 Å². The van der Waals surface area contributed by atoms with E-state index in [0.717, 1.165) is 5.57 Å². The molecule has 0 amide bonds. The lowest BCUT2D eigenvalue weighted by Crippen LogP contribution is -2.43. The van der Waals surface area contributed by atoms with Crippen LogP contribution in [-0.2, 0) is 19.0 Å². The van der Waals surface area contributed by atoms with E-state index in [-0.39, 0.29) is 11.8 Å². The van der Waals surface area contributed by atoms with Gasteiger partial charge in [0.15, 0.2) is 0 Å². The molecule has 0 aromatic carbocycles. The molecule has 6 heteroatoms. The molecule has 0 fully saturated rings. The van der Waals surface area contributed by atoms with Crippen molar-refractivity contribution >= 4 is 10.1 Å². The first-order chi connectivity index (χ1) is 6.99. The van der Waals surface area contributed by atoms with E-state index in [9.17, 15) is 8.42 Å². The number of ether oxygens (including phenoxy) is 1. The highest BCUT2D eigenvalue weighted by Gasteiger charge is 2.35. The highest BCUT2D eigenvalue weighted by Crippen LogP contribution is 2.29. The molecule has 86 valence electrons. The molecule has 0 saturated carbocycles. The Kier molecular flexibility index (Phi) is 2.74. The van der Waals surface area contributed by atoms with Gasteiger partial charge in [-0.2, -0.15) is 8.42 Å². The molecule has 2 aliphatic heterocycles. The van der Waals surface area contributed by atoms with Gasteiger partial charge in [-0.3, -0.25) is 0 Å². The molecule has 5 nitrogen and oxygen atoms in total. The van der Waals surface area contributed by atoms with Crippen molar-refractivity contribution in [2.24, 2.45) is 0 Å². The molecule has 2 aliphatic rings. The van der Waals surface area contributed by atoms with Crippen molar-refractivity contribution in [1.82, 2.24) is 4.90 Å². The van der Waals surface area contributed by atoms with Crippen molar-refractivity contribution in [3.05, 3.63) is 11.3 Å². The SMILES string of the molecule is CN(C)C1CS(=O)(=O)OC2=C1COCC2. The summed E-state index contributed by atoms with van der Waals surface area (Å²) in [4.78, 5) is 1.89. The van der Waals surface area contributed by atoms with Gasteiger partial charge in [0, 0.05) is 12.0 Å². The van der Waals surface area contributed by atoms with E-state index in [1.165, 1.54) is 0 Å². The molecule has 0 N–H and O–H groups in total. The molecule has 15 heavy (non-hydrogen) atoms. The normalized spacial score (nSPS) is 29.9. The molecule has 0 radical (unpaired) electrons. The Labute approximate surface area is 89.8 Å². The third-order valence-electron chi connectivity index (χ3n) is 2.70. The number of nitrogens with zero attached hydrogens (tertiary/aromatic N) is 1. The zero-order valence-corrected chi connectivity index (χ0v) is 9.71. The number of hydrogen-bond donors (Lipinski definition) is 0. The van der Waals surface area contributed by atoms with Crippen LogP contribution in [0.15, 0.2) is 11.3 Å². The van der Waals surface area contributed by atoms with Crippen LogP contribution >= 0.6 is 0 Å². The van der Waals surface area contributed by atoms with Crippen molar-refractivity contribution in [1.29, 1.82) is 0 Å². The molecule has 0 aliphatic carbocycles. The van der Waals surface area contributed by atoms with Crippen molar-refractivity contribution in [3.8, 4) is 0 Å². The van der Waals surface area contributed by atoms with Gasteiger partial charge < -0.3 is 13.8 Å². The fourth-order valence-corrected chi connectivity index (χ4v) is 3.36. The van der Waals surface area contributed by atoms with E-state index >= 15 is 0 Å². The van der Waals surface area contributed by atoms with Gasteiger partial charge in [-0.15, -0.1) is 0 Å². The summed E-state index contributed by atoms with van der Waals surface area (Å²) in [6, 6.07) is -0.112. The molecule has 0 spiro atoms. The molecule has 1 unspecified atom stereocenters. The zero-order chi connectivity index (χ0) is 11.1. The fraction of sp³-hybridized carbons (Fsp3) is 0.778. The van der Waals surface area contributed by atoms with Gasteiger partial charge in [-0.05, 0) is 14.1 Å². The highest BCUT2D eigenvalue weighted by atomic mass is 32.2. The average molecular weight is 233 g/mol. The topological polar surface area (TPSA) is 55.8 Å². The van der Waals surface area contributed by atoms with Gasteiger partial charge >= 0.3 is 10.1 Å². The van der Waals surface area contributed by atoms with Crippen molar-refractivity contribution in [2.75, 3.05) is 33.1 Å². The van der Waals surface area contributed by atoms with E-state index in [0.29, 0.717) is 25.4 Å². The van der Waals surface area contributed by atoms with Crippen molar-refractivity contribution in [2.45, 2.75) is 12.5 Å². The highest BCUT2D eigenvalue weighted by molar-refractivity contribution is 7.86. The summed E-state index contributed by atoms with van der Waals surface area (Å²) in [6.45, 7) is 1.02. The van der Waals surface area contributed by atoms with Crippen LogP contribution < -0.4 is 0 Å². The summed E-state index contributed by atoms with van der Waals surface area (Å²) >= 11 is 0. The van der Waals surface area contributed by atoms with Gasteiger partial charge in [0.25, 0.3) is 0 Å². The summed E-state index contributed by atoms with van der Waals surface area (Å²) in [6.07, 6.45) is 0.554. The van der Waals surface area contributed by atoms with E-state index in [1.807, 2.05) is 19.0 Å². The standard InChI is InChI=1S/C9H15NO4S/c1-10(2)8-6-15(11,12)14-9-3-4-13-5-7(8)9/h8H,3-6H2,1-2H3. The van der Waals surface area contributed by atoms with E-state index in [1.54, 1.807) is 0 Å². The predicted molar refractivity (Wildman–Crippen MR) is 54.8 cm³/mol. The first-order valence-electron chi connectivity index (χ1n) is 4.88. The monoisotopic (exact) mass is 233 g/mol. The lowest BCUT2D eigenvalue weighted by atomic mass is 10.0. The van der Waals surface area contributed by atoms with Crippen LogP contribution in [0, 0.1) is 0 Å². The summed E-state index contributed by atoms with van der Waals surface area (Å²) < 4.78 is 33.3. The Hall–Kier alpha value is -0.590. The Morgan fingerprint density at radius 2 is 2.13 bits per heavy atom. The summed E-state index contributed by atoms with van der Waals surface area (Å²) in [5.74, 6) is 0.605. The summed E-state index contributed by atoms with van der Waals surface area (Å²) in [7, 11) is 0.329. The minimum absolute atomic E-state index is 0.0161. The van der Waals surface area contributed by atoms with Crippen LogP contribution in [0.5, 0.6) is 0 Å². The van der Waals surface area contributed by atoms with E-state index in [2.05, 4.69) is 0 Å². The molecule has 0 saturated heterocycles. The quantitative estimate of drug-likeness (QED) is 0.594. The van der Waals surface area contributed by atoms with Gasteiger partial charge in [-0.1, -0.05) is 0 Å². The maximum atomic E-state index is 11.5. The second-order valence-electron chi connectivity index (χ2n) is 4.04. The Morgan fingerprint density at radius 1 is 1.40 bits per heavy atom. The smallest absolute Gasteiger partial charge is 0.310 e. The molecule has 0 aromatic heterocycles. The molecular weight excluding hydrogens is 218 g/mol. The van der Waals surface area contributed by atoms with Gasteiger partial charge in [0.05, 0.1) is 19.3 Å². The average Bonchev–Trinajstić information content (AvgIpc) is 2.14. The number of rotatable bonds is 1. The van der Waals surface area contributed by atoms with Crippen LogP contribution in [0.1, 0.15) is 6.42 Å². The Morgan fingerprint density at radius 3 is 2.80 bits per heavy atom. The minimum Gasteiger partial charge on any atom is -0.387 e. The van der Waals surface area contributed by atoms with Crippen molar-refractivity contribution in [3.63, 3.8) is 0 Å². The third-order valence-corrected chi connectivity index (χ3v) is 3.88. The van der Waals surface area contributed by atoms with Crippen LogP contribution in [0.4, 0.5) is 0 Å². The van der Waals surface area contributed by atoms with E-state index < -0.39 is 10.1 Å². The predicted octanol–water partition coefficient (Wildman–Crippen LogP) is -0.0490. The largest absolute Gasteiger partial charge is 0.387 e. The maximum Gasteiger partial charge on any atom is 0.310 e.